The van der Waals surface area contributed by atoms with Crippen LogP contribution in [0.2, 0.25) is 0 Å². The number of rotatable bonds is 4. The van der Waals surface area contributed by atoms with Gasteiger partial charge in [-0.1, -0.05) is 53.6 Å². The van der Waals surface area contributed by atoms with Crippen molar-refractivity contribution in [3.63, 3.8) is 0 Å². The number of hydrogen-bond acceptors (Lipinski definition) is 3. The van der Waals surface area contributed by atoms with Gasteiger partial charge < -0.3 is 9.59 Å². The molecule has 2 aromatic rings. The lowest BCUT2D eigenvalue weighted by Crippen LogP contribution is -2.08. The summed E-state index contributed by atoms with van der Waals surface area (Å²) in [7, 11) is 0. The average molecular weight is 475 g/mol. The van der Waals surface area contributed by atoms with Crippen molar-refractivity contribution in [1.29, 1.82) is 0 Å². The number of fused-ring (bicyclic) bond motifs is 1. The first-order valence-electron chi connectivity index (χ1n) is 11.4. The number of ketones is 1. The Bertz CT molecular complexity index is 1030. The van der Waals surface area contributed by atoms with Crippen molar-refractivity contribution in [3.05, 3.63) is 81.4 Å². The molecule has 2 aliphatic rings. The molecule has 3 nitrogen and oxygen atoms in total. The van der Waals surface area contributed by atoms with Gasteiger partial charge in [0.15, 0.2) is 5.78 Å². The molecule has 2 atom stereocenters. The number of benzene rings is 2. The summed E-state index contributed by atoms with van der Waals surface area (Å²) in [6.07, 6.45) is 3.75. The van der Waals surface area contributed by atoms with Crippen molar-refractivity contribution < 1.29 is 26.0 Å². The minimum Gasteiger partial charge on any atom is -0.307 e. The Morgan fingerprint density at radius 1 is 1.09 bits per heavy atom. The van der Waals surface area contributed by atoms with Crippen LogP contribution in [0.1, 0.15) is 64.3 Å². The predicted molar refractivity (Wildman–Crippen MR) is 137 cm³/mol. The first-order valence-corrected chi connectivity index (χ1v) is 11.4. The van der Waals surface area contributed by atoms with E-state index in [0.717, 1.165) is 30.3 Å². The first-order chi connectivity index (χ1) is 16.0. The molecule has 1 saturated carbocycles. The fraction of sp³-hybridized carbons (Fsp3) is 0.414. The lowest BCUT2D eigenvalue weighted by molar-refractivity contribution is -0.115. The maximum atomic E-state index is 12.6. The molecule has 0 bridgehead atoms. The third kappa shape index (κ3) is 8.44. The molecule has 34 heavy (non-hydrogen) atoms. The van der Waals surface area contributed by atoms with Gasteiger partial charge in [0.25, 0.3) is 5.92 Å². The molecule has 4 rings (SSSR count). The van der Waals surface area contributed by atoms with Crippen LogP contribution in [0.25, 0.3) is 0 Å². The maximum Gasteiger partial charge on any atom is 0.270 e. The third-order valence-electron chi connectivity index (χ3n) is 6.08. The van der Waals surface area contributed by atoms with E-state index in [1.54, 1.807) is 19.1 Å². The van der Waals surface area contributed by atoms with Crippen LogP contribution in [0.5, 0.6) is 0 Å². The second-order valence-corrected chi connectivity index (χ2v) is 9.01. The summed E-state index contributed by atoms with van der Waals surface area (Å²) in [4.78, 5) is 29.2. The average Bonchev–Trinajstić information content (AvgIpc) is 3.43. The highest BCUT2D eigenvalue weighted by Crippen LogP contribution is 2.55. The van der Waals surface area contributed by atoms with E-state index in [-0.39, 0.29) is 8.42 Å². The van der Waals surface area contributed by atoms with Crippen LogP contribution in [-0.2, 0) is 26.7 Å². The number of aryl methyl sites for hydroxylation is 3. The van der Waals surface area contributed by atoms with Gasteiger partial charge in [-0.25, -0.2) is 8.78 Å². The van der Waals surface area contributed by atoms with Crippen LogP contribution in [-0.4, -0.2) is 18.9 Å². The van der Waals surface area contributed by atoms with Gasteiger partial charge in [-0.2, -0.15) is 0 Å². The van der Waals surface area contributed by atoms with Crippen molar-refractivity contribution in [3.8, 4) is 0 Å². The Hall–Kier alpha value is -2.95. The lowest BCUT2D eigenvalue weighted by atomic mass is 9.96. The number of halogens is 2. The number of carbonyl (C=O) groups excluding carboxylic acids is 3. The molecule has 0 radical (unpaired) electrons. The van der Waals surface area contributed by atoms with Gasteiger partial charge in [0.1, 0.15) is 13.1 Å². The van der Waals surface area contributed by atoms with Crippen LogP contribution < -0.4 is 0 Å². The molecule has 1 fully saturated rings. The molecular formula is C29H40F2O3. The Kier molecular flexibility index (Phi) is 11.2. The van der Waals surface area contributed by atoms with Gasteiger partial charge in [0, 0.05) is 21.8 Å². The van der Waals surface area contributed by atoms with E-state index in [9.17, 15) is 13.6 Å². The largest absolute Gasteiger partial charge is 0.307 e. The van der Waals surface area contributed by atoms with Crippen LogP contribution in [0.15, 0.2) is 53.6 Å². The monoisotopic (exact) mass is 474 g/mol. The smallest absolute Gasteiger partial charge is 0.270 e. The molecular weight excluding hydrogens is 434 g/mol. The highest BCUT2D eigenvalue weighted by atomic mass is 19.3. The van der Waals surface area contributed by atoms with Gasteiger partial charge in [-0.05, 0) is 81.6 Å². The molecule has 0 N–H and O–H groups in total. The van der Waals surface area contributed by atoms with E-state index in [1.165, 1.54) is 54.2 Å². The molecule has 2 unspecified atom stereocenters. The van der Waals surface area contributed by atoms with E-state index in [4.69, 9.17) is 9.59 Å². The maximum absolute atomic E-state index is 12.6. The number of alkyl halides is 2. The van der Waals surface area contributed by atoms with Crippen LogP contribution >= 0.6 is 0 Å². The topological polar surface area (TPSA) is 51.2 Å². The zero-order valence-electron chi connectivity index (χ0n) is 21.1. The molecule has 0 heterocycles. The highest BCUT2D eigenvalue weighted by Gasteiger charge is 2.47. The number of carbonyl (C=O) groups is 3. The molecule has 2 aromatic carbocycles. The normalized spacial score (nSPS) is 17.6. The Morgan fingerprint density at radius 3 is 2.15 bits per heavy atom. The Labute approximate surface area is 205 Å². The Morgan fingerprint density at radius 2 is 1.71 bits per heavy atom. The summed E-state index contributed by atoms with van der Waals surface area (Å²) in [5.74, 6) is -0.931. The zero-order valence-corrected chi connectivity index (χ0v) is 21.1. The fourth-order valence-electron chi connectivity index (χ4n) is 4.20. The van der Waals surface area contributed by atoms with Gasteiger partial charge in [-0.3, -0.25) is 4.79 Å². The van der Waals surface area contributed by atoms with Crippen LogP contribution in [0.4, 0.5) is 8.78 Å². The SMILES string of the molecule is C=O.CC1=C(C(=O)Cc2ccc(C)c(C)c2)C2CC2C1.CC=O.Cc1cccc(C(C)(F)F)c1.[HH].[HH]. The molecule has 2 aliphatic carbocycles. The van der Waals surface area contributed by atoms with E-state index in [0.29, 0.717) is 18.1 Å². The van der Waals surface area contributed by atoms with Gasteiger partial charge in [-0.15, -0.1) is 0 Å². The van der Waals surface area contributed by atoms with E-state index < -0.39 is 5.92 Å². The van der Waals surface area contributed by atoms with E-state index in [2.05, 4.69) is 39.0 Å². The second kappa shape index (κ2) is 13.1. The third-order valence-corrected chi connectivity index (χ3v) is 6.08. The summed E-state index contributed by atoms with van der Waals surface area (Å²) >= 11 is 0. The summed E-state index contributed by atoms with van der Waals surface area (Å²) in [5, 5.41) is 0. The minimum atomic E-state index is -2.72. The summed E-state index contributed by atoms with van der Waals surface area (Å²) < 4.78 is 25.3. The van der Waals surface area contributed by atoms with Crippen LogP contribution in [0, 0.1) is 32.6 Å². The van der Waals surface area contributed by atoms with Crippen molar-refractivity contribution in [2.45, 2.75) is 66.7 Å². The number of hydrogen-bond donors (Lipinski definition) is 0. The van der Waals surface area contributed by atoms with E-state index in [1.807, 2.05) is 6.79 Å². The van der Waals surface area contributed by atoms with Crippen molar-refractivity contribution >= 4 is 18.9 Å². The molecule has 0 saturated heterocycles. The van der Waals surface area contributed by atoms with Gasteiger partial charge >= 0.3 is 0 Å². The number of allylic oxidation sites excluding steroid dienone is 2. The predicted octanol–water partition coefficient (Wildman–Crippen LogP) is 7.39. The molecule has 0 amide bonds. The van der Waals surface area contributed by atoms with Gasteiger partial charge in [0.05, 0.1) is 0 Å². The van der Waals surface area contributed by atoms with Crippen molar-refractivity contribution in [2.24, 2.45) is 11.8 Å². The quantitative estimate of drug-likeness (QED) is 0.434. The van der Waals surface area contributed by atoms with Crippen molar-refractivity contribution in [2.75, 3.05) is 0 Å². The molecule has 0 aliphatic heterocycles. The summed E-state index contributed by atoms with van der Waals surface area (Å²) in [6, 6.07) is 12.7. The molecule has 0 spiro atoms. The molecule has 188 valence electrons. The van der Waals surface area contributed by atoms with E-state index >= 15 is 0 Å². The second-order valence-electron chi connectivity index (χ2n) is 9.01. The fourth-order valence-corrected chi connectivity index (χ4v) is 4.20. The lowest BCUT2D eigenvalue weighted by Gasteiger charge is -2.10. The van der Waals surface area contributed by atoms with Crippen LogP contribution in [0.3, 0.4) is 0 Å². The first kappa shape index (κ1) is 29.1. The summed E-state index contributed by atoms with van der Waals surface area (Å²) in [6.45, 7) is 12.5. The van der Waals surface area contributed by atoms with Gasteiger partial charge in [0.2, 0.25) is 0 Å². The number of aldehydes is 1. The minimum absolute atomic E-state index is 0. The Balaban J connectivity index is 0. The number of Topliss-reactive ketones (excluding diaryl/α,β-unsaturated/α-hetero) is 1. The summed E-state index contributed by atoms with van der Waals surface area (Å²) in [5.41, 5.74) is 7.20. The zero-order chi connectivity index (χ0) is 26.1. The van der Waals surface area contributed by atoms with Crippen molar-refractivity contribution in [1.82, 2.24) is 0 Å². The molecule has 0 aromatic heterocycles. The standard InChI is InChI=1S/C17H20O.C9H10F2.C2H4O.CH2O.2H2/c1-10-4-5-13(6-11(10)2)8-16(18)17-12(3)7-14-9-15(14)17;1-7-4-3-5-8(6-7)9(2,10)11;1-2-3;1-2;;/h4-6,14-15H,7-9H2,1-3H3;3-6H,1-2H3;2H,1H3;1H2;2*1H. The highest BCUT2D eigenvalue weighted by molar-refractivity contribution is 5.99. The molecule has 5 heteroatoms.